The summed E-state index contributed by atoms with van der Waals surface area (Å²) in [5.74, 6) is 0. The van der Waals surface area contributed by atoms with Crippen LogP contribution in [0.4, 0.5) is 4.79 Å². The summed E-state index contributed by atoms with van der Waals surface area (Å²) in [5.41, 5.74) is 3.59. The highest BCUT2D eigenvalue weighted by Gasteiger charge is 2.49. The molecule has 0 aromatic heterocycles. The maximum absolute atomic E-state index is 15.3. The zero-order chi connectivity index (χ0) is 34.7. The van der Waals surface area contributed by atoms with Crippen molar-refractivity contribution in [3.05, 3.63) is 168 Å². The van der Waals surface area contributed by atoms with Gasteiger partial charge in [0.05, 0.1) is 18.3 Å². The van der Waals surface area contributed by atoms with Crippen LogP contribution < -0.4 is 0 Å². The minimum atomic E-state index is -4.05. The van der Waals surface area contributed by atoms with E-state index in [-0.39, 0.29) is 25.5 Å². The first-order valence-electron chi connectivity index (χ1n) is 16.9. The monoisotopic (exact) mass is 684 g/mol. The van der Waals surface area contributed by atoms with E-state index in [1.165, 1.54) is 0 Å². The molecule has 1 aliphatic heterocycles. The van der Waals surface area contributed by atoms with Crippen LogP contribution in [0.3, 0.4) is 0 Å². The van der Waals surface area contributed by atoms with E-state index >= 15 is 4.79 Å². The predicted octanol–water partition coefficient (Wildman–Crippen LogP) is 7.36. The average molecular weight is 685 g/mol. The number of aliphatic hydroxyl groups is 1. The van der Waals surface area contributed by atoms with Crippen molar-refractivity contribution in [3.63, 3.8) is 0 Å². The Bertz CT molecular complexity index is 2210. The maximum Gasteiger partial charge on any atom is 0.321 e. The maximum atomic E-state index is 15.3. The number of carbonyl (C=O) groups is 1. The van der Waals surface area contributed by atoms with Crippen molar-refractivity contribution in [2.24, 2.45) is 0 Å². The van der Waals surface area contributed by atoms with Gasteiger partial charge in [-0.2, -0.15) is 8.42 Å². The molecular formula is C42H40N2O5S. The Morgan fingerprint density at radius 2 is 0.980 bits per heavy atom. The predicted molar refractivity (Wildman–Crippen MR) is 198 cm³/mol. The Morgan fingerprint density at radius 3 is 1.46 bits per heavy atom. The number of carbonyl (C=O) groups excluding carboxylic acids is 1. The number of nitrogens with zero attached hydrogens (tertiary/aromatic N) is 2. The van der Waals surface area contributed by atoms with Gasteiger partial charge in [0, 0.05) is 13.1 Å². The van der Waals surface area contributed by atoms with Gasteiger partial charge in [0.2, 0.25) is 0 Å². The SMILES string of the molecule is CS(=O)(=O)O[C@@H]1[C@@H](O)[C@@H](Cc2ccccc2)N(Cc2ccc3ccccc3c2)C(=O)N(Cc2ccc3ccccc3c2)[C@@H]1Cc1ccccc1. The highest BCUT2D eigenvalue weighted by molar-refractivity contribution is 7.86. The van der Waals surface area contributed by atoms with Gasteiger partial charge in [-0.15, -0.1) is 0 Å². The number of fused-ring (bicyclic) bond motifs is 2. The van der Waals surface area contributed by atoms with E-state index in [4.69, 9.17) is 4.18 Å². The molecular weight excluding hydrogens is 645 g/mol. The summed E-state index contributed by atoms with van der Waals surface area (Å²) in [6.07, 6.45) is -1.01. The first-order chi connectivity index (χ1) is 24.2. The van der Waals surface area contributed by atoms with E-state index in [2.05, 4.69) is 12.1 Å². The lowest BCUT2D eigenvalue weighted by Gasteiger charge is -2.36. The first kappa shape index (κ1) is 33.5. The topological polar surface area (TPSA) is 87.1 Å². The summed E-state index contributed by atoms with van der Waals surface area (Å²) in [7, 11) is -4.05. The van der Waals surface area contributed by atoms with Crippen molar-refractivity contribution < 1.29 is 22.5 Å². The van der Waals surface area contributed by atoms with Gasteiger partial charge in [-0.1, -0.05) is 133 Å². The number of hydrogen-bond donors (Lipinski definition) is 1. The fourth-order valence-electron chi connectivity index (χ4n) is 7.19. The van der Waals surface area contributed by atoms with Gasteiger partial charge < -0.3 is 14.9 Å². The molecule has 4 atom stereocenters. The van der Waals surface area contributed by atoms with E-state index in [1.54, 1.807) is 9.80 Å². The Kier molecular flexibility index (Phi) is 9.68. The van der Waals surface area contributed by atoms with Crippen molar-refractivity contribution in [2.75, 3.05) is 6.26 Å². The quantitative estimate of drug-likeness (QED) is 0.153. The van der Waals surface area contributed by atoms with Crippen molar-refractivity contribution in [3.8, 4) is 0 Å². The molecule has 254 valence electrons. The molecule has 8 heteroatoms. The van der Waals surface area contributed by atoms with E-state index in [0.29, 0.717) is 6.42 Å². The number of rotatable bonds is 10. The molecule has 6 aromatic rings. The average Bonchev–Trinajstić information content (AvgIpc) is 3.19. The molecule has 1 saturated heterocycles. The smallest absolute Gasteiger partial charge is 0.321 e. The third-order valence-corrected chi connectivity index (χ3v) is 10.2. The zero-order valence-electron chi connectivity index (χ0n) is 27.9. The molecule has 1 aliphatic rings. The lowest BCUT2D eigenvalue weighted by Crippen LogP contribution is -2.52. The third-order valence-electron chi connectivity index (χ3n) is 9.60. The van der Waals surface area contributed by atoms with E-state index < -0.39 is 34.4 Å². The second-order valence-corrected chi connectivity index (χ2v) is 14.8. The van der Waals surface area contributed by atoms with Gasteiger partial charge in [0.25, 0.3) is 10.1 Å². The molecule has 0 radical (unpaired) electrons. The van der Waals surface area contributed by atoms with Crippen LogP contribution in [0.2, 0.25) is 0 Å². The molecule has 1 heterocycles. The fourth-order valence-corrected chi connectivity index (χ4v) is 7.83. The van der Waals surface area contributed by atoms with Gasteiger partial charge in [0.1, 0.15) is 12.2 Å². The number of aliphatic hydroxyl groups excluding tert-OH is 1. The van der Waals surface area contributed by atoms with Gasteiger partial charge in [-0.25, -0.2) is 4.79 Å². The van der Waals surface area contributed by atoms with Crippen LogP contribution in [0.15, 0.2) is 146 Å². The highest BCUT2D eigenvalue weighted by Crippen LogP contribution is 2.33. The Labute approximate surface area is 293 Å². The van der Waals surface area contributed by atoms with E-state index in [0.717, 1.165) is 50.1 Å². The standard InChI is InChI=1S/C42H40N2O5S/c1-50(47,48)49-41-39(27-31-14-6-3-7-15-31)44(29-33-21-23-35-17-9-11-19-37(35)25-33)42(46)43(38(40(41)45)26-30-12-4-2-5-13-30)28-32-20-22-34-16-8-10-18-36(34)24-32/h2-25,38-41,45H,26-29H2,1H3/t38-,39-,40+,41+/m1/s1. The van der Waals surface area contributed by atoms with Crippen LogP contribution in [0.1, 0.15) is 22.3 Å². The van der Waals surface area contributed by atoms with Crippen LogP contribution >= 0.6 is 0 Å². The molecule has 0 unspecified atom stereocenters. The largest absolute Gasteiger partial charge is 0.388 e. The van der Waals surface area contributed by atoms with Gasteiger partial charge in [-0.05, 0) is 68.8 Å². The van der Waals surface area contributed by atoms with Crippen molar-refractivity contribution in [2.45, 2.75) is 50.2 Å². The van der Waals surface area contributed by atoms with Crippen molar-refractivity contribution >= 4 is 37.7 Å². The molecule has 7 nitrogen and oxygen atoms in total. The first-order valence-corrected chi connectivity index (χ1v) is 18.7. The summed E-state index contributed by atoms with van der Waals surface area (Å²) in [4.78, 5) is 18.7. The number of hydrogen-bond acceptors (Lipinski definition) is 5. The second kappa shape index (κ2) is 14.5. The minimum Gasteiger partial charge on any atom is -0.388 e. The molecule has 0 aliphatic carbocycles. The molecule has 1 N–H and O–H groups in total. The fraction of sp³-hybridized carbons (Fsp3) is 0.214. The summed E-state index contributed by atoms with van der Waals surface area (Å²) in [6, 6.07) is 45.7. The molecule has 2 amide bonds. The number of benzene rings is 6. The van der Waals surface area contributed by atoms with Crippen LogP contribution in [0.5, 0.6) is 0 Å². The van der Waals surface area contributed by atoms with Crippen LogP contribution in [0, 0.1) is 0 Å². The van der Waals surface area contributed by atoms with Gasteiger partial charge >= 0.3 is 6.03 Å². The molecule has 0 saturated carbocycles. The Morgan fingerprint density at radius 1 is 0.560 bits per heavy atom. The second-order valence-electron chi connectivity index (χ2n) is 13.2. The zero-order valence-corrected chi connectivity index (χ0v) is 28.7. The van der Waals surface area contributed by atoms with Crippen LogP contribution in [-0.4, -0.2) is 59.9 Å². The molecule has 0 spiro atoms. The van der Waals surface area contributed by atoms with Gasteiger partial charge in [-0.3, -0.25) is 4.18 Å². The third kappa shape index (κ3) is 7.58. The molecule has 7 rings (SSSR count). The summed E-state index contributed by atoms with van der Waals surface area (Å²) in [5, 5.41) is 16.7. The summed E-state index contributed by atoms with van der Waals surface area (Å²) in [6.45, 7) is 0.389. The normalized spacial score (nSPS) is 19.9. The lowest BCUT2D eigenvalue weighted by atomic mass is 9.90. The lowest BCUT2D eigenvalue weighted by molar-refractivity contribution is -0.0232. The van der Waals surface area contributed by atoms with Crippen molar-refractivity contribution in [1.29, 1.82) is 0 Å². The highest BCUT2D eigenvalue weighted by atomic mass is 32.2. The summed E-state index contributed by atoms with van der Waals surface area (Å²) >= 11 is 0. The minimum absolute atomic E-state index is 0.184. The molecule has 1 fully saturated rings. The van der Waals surface area contributed by atoms with E-state index in [9.17, 15) is 13.5 Å². The van der Waals surface area contributed by atoms with Crippen molar-refractivity contribution in [1.82, 2.24) is 9.80 Å². The van der Waals surface area contributed by atoms with E-state index in [1.807, 2.05) is 133 Å². The van der Waals surface area contributed by atoms with Crippen LogP contribution in [0.25, 0.3) is 21.5 Å². The van der Waals surface area contributed by atoms with Gasteiger partial charge in [0.15, 0.2) is 0 Å². The molecule has 0 bridgehead atoms. The number of urea groups is 1. The van der Waals surface area contributed by atoms with Crippen LogP contribution in [-0.2, 0) is 40.2 Å². The molecule has 6 aromatic carbocycles. The Hall–Kier alpha value is -5.02. The number of amides is 2. The Balaban J connectivity index is 1.38. The summed E-state index contributed by atoms with van der Waals surface area (Å²) < 4.78 is 31.8. The molecule has 50 heavy (non-hydrogen) atoms.